The Morgan fingerprint density at radius 1 is 1.21 bits per heavy atom. The molecule has 144 valence electrons. The summed E-state index contributed by atoms with van der Waals surface area (Å²) < 4.78 is 5.55. The summed E-state index contributed by atoms with van der Waals surface area (Å²) >= 11 is 7.70. The monoisotopic (exact) mass is 413 g/mol. The molecule has 1 atom stereocenters. The highest BCUT2D eigenvalue weighted by Crippen LogP contribution is 2.36. The number of aryl methyl sites for hydroxylation is 2. The minimum atomic E-state index is -0.0214. The highest BCUT2D eigenvalue weighted by molar-refractivity contribution is 7.15. The molecule has 0 spiro atoms. The first-order chi connectivity index (χ1) is 13.7. The van der Waals surface area contributed by atoms with Crippen LogP contribution in [0.2, 0.25) is 5.02 Å². The third kappa shape index (κ3) is 3.47. The van der Waals surface area contributed by atoms with Gasteiger partial charge in [-0.05, 0) is 55.0 Å². The van der Waals surface area contributed by atoms with Gasteiger partial charge in [-0.2, -0.15) is 4.98 Å². The molecular weight excluding hydrogens is 394 g/mol. The van der Waals surface area contributed by atoms with E-state index in [0.29, 0.717) is 36.2 Å². The third-order valence-electron chi connectivity index (χ3n) is 5.52. The quantitative estimate of drug-likeness (QED) is 0.613. The SMILES string of the molecule is O=C1CC(c2noc(-c3cc4c(s3)CCCC4)n2)CN1Cc1ccc(Cl)cc1. The lowest BCUT2D eigenvalue weighted by molar-refractivity contribution is -0.128. The molecule has 3 heterocycles. The Labute approximate surface area is 172 Å². The molecule has 3 aromatic rings. The van der Waals surface area contributed by atoms with Crippen molar-refractivity contribution in [2.24, 2.45) is 0 Å². The van der Waals surface area contributed by atoms with Crippen LogP contribution in [-0.2, 0) is 24.2 Å². The first-order valence-electron chi connectivity index (χ1n) is 9.63. The summed E-state index contributed by atoms with van der Waals surface area (Å²) in [5, 5.41) is 4.89. The number of hydrogen-bond acceptors (Lipinski definition) is 5. The van der Waals surface area contributed by atoms with Crippen molar-refractivity contribution in [2.75, 3.05) is 6.54 Å². The molecule has 1 saturated heterocycles. The largest absolute Gasteiger partial charge is 0.338 e. The van der Waals surface area contributed by atoms with E-state index in [4.69, 9.17) is 16.1 Å². The maximum absolute atomic E-state index is 12.5. The van der Waals surface area contributed by atoms with E-state index in [0.717, 1.165) is 23.3 Å². The molecule has 5 nitrogen and oxygen atoms in total. The Balaban J connectivity index is 1.30. The van der Waals surface area contributed by atoms with Gasteiger partial charge in [0.05, 0.1) is 4.88 Å². The van der Waals surface area contributed by atoms with Gasteiger partial charge in [0.1, 0.15) is 0 Å². The molecule has 1 aliphatic heterocycles. The van der Waals surface area contributed by atoms with Crippen molar-refractivity contribution in [3.63, 3.8) is 0 Å². The molecule has 7 heteroatoms. The molecule has 0 bridgehead atoms. The maximum atomic E-state index is 12.5. The molecule has 0 N–H and O–H groups in total. The molecule has 0 radical (unpaired) electrons. The predicted molar refractivity (Wildman–Crippen MR) is 108 cm³/mol. The summed E-state index contributed by atoms with van der Waals surface area (Å²) in [6.07, 6.45) is 5.23. The second kappa shape index (κ2) is 7.33. The number of hydrogen-bond donors (Lipinski definition) is 0. The van der Waals surface area contributed by atoms with Crippen LogP contribution in [0.3, 0.4) is 0 Å². The van der Waals surface area contributed by atoms with E-state index in [1.807, 2.05) is 29.2 Å². The van der Waals surface area contributed by atoms with E-state index in [2.05, 4.69) is 16.2 Å². The van der Waals surface area contributed by atoms with Crippen LogP contribution in [0.4, 0.5) is 0 Å². The number of benzene rings is 1. The second-order valence-electron chi connectivity index (χ2n) is 7.53. The van der Waals surface area contributed by atoms with Crippen molar-refractivity contribution in [1.82, 2.24) is 15.0 Å². The van der Waals surface area contributed by atoms with E-state index in [1.165, 1.54) is 23.3 Å². The smallest absolute Gasteiger partial charge is 0.268 e. The van der Waals surface area contributed by atoms with Gasteiger partial charge in [0.15, 0.2) is 5.82 Å². The van der Waals surface area contributed by atoms with E-state index in [1.54, 1.807) is 11.3 Å². The Bertz CT molecular complexity index is 988. The first kappa shape index (κ1) is 17.9. The van der Waals surface area contributed by atoms with Crippen LogP contribution in [0.5, 0.6) is 0 Å². The number of carbonyl (C=O) groups excluding carboxylic acids is 1. The fraction of sp³-hybridized carbons (Fsp3) is 0.381. The van der Waals surface area contributed by atoms with Crippen molar-refractivity contribution in [3.8, 4) is 10.8 Å². The van der Waals surface area contributed by atoms with Gasteiger partial charge in [0.2, 0.25) is 5.91 Å². The molecule has 5 rings (SSSR count). The van der Waals surface area contributed by atoms with Crippen LogP contribution in [0.1, 0.15) is 47.0 Å². The number of halogens is 1. The van der Waals surface area contributed by atoms with Crippen molar-refractivity contribution in [2.45, 2.75) is 44.6 Å². The fourth-order valence-electron chi connectivity index (χ4n) is 4.00. The van der Waals surface area contributed by atoms with Crippen molar-refractivity contribution < 1.29 is 9.32 Å². The normalized spacial score (nSPS) is 19.2. The minimum Gasteiger partial charge on any atom is -0.338 e. The zero-order valence-electron chi connectivity index (χ0n) is 15.4. The lowest BCUT2D eigenvalue weighted by atomic mass is 9.99. The van der Waals surface area contributed by atoms with Crippen LogP contribution in [0.15, 0.2) is 34.9 Å². The first-order valence-corrected chi connectivity index (χ1v) is 10.8. The topological polar surface area (TPSA) is 59.2 Å². The summed E-state index contributed by atoms with van der Waals surface area (Å²) in [5.74, 6) is 1.32. The Kier molecular flexibility index (Phi) is 4.69. The lowest BCUT2D eigenvalue weighted by Crippen LogP contribution is -2.24. The van der Waals surface area contributed by atoms with E-state index < -0.39 is 0 Å². The summed E-state index contributed by atoms with van der Waals surface area (Å²) in [7, 11) is 0. The predicted octanol–water partition coefficient (Wildman–Crippen LogP) is 4.85. The highest BCUT2D eigenvalue weighted by Gasteiger charge is 2.34. The number of likely N-dealkylation sites (tertiary alicyclic amines) is 1. The summed E-state index contributed by atoms with van der Waals surface area (Å²) in [5.41, 5.74) is 2.49. The molecule has 2 aromatic heterocycles. The van der Waals surface area contributed by atoms with E-state index >= 15 is 0 Å². The number of carbonyl (C=O) groups is 1. The summed E-state index contributed by atoms with van der Waals surface area (Å²) in [4.78, 5) is 21.4. The Morgan fingerprint density at radius 2 is 2.04 bits per heavy atom. The van der Waals surface area contributed by atoms with Gasteiger partial charge in [-0.25, -0.2) is 0 Å². The summed E-state index contributed by atoms with van der Waals surface area (Å²) in [6, 6.07) is 9.80. The van der Waals surface area contributed by atoms with Crippen LogP contribution in [0, 0.1) is 0 Å². The second-order valence-corrected chi connectivity index (χ2v) is 9.10. The van der Waals surface area contributed by atoms with Gasteiger partial charge < -0.3 is 9.42 Å². The molecule has 2 aliphatic rings. The number of thiophene rings is 1. The van der Waals surface area contributed by atoms with Gasteiger partial charge in [0, 0.05) is 35.3 Å². The van der Waals surface area contributed by atoms with Crippen LogP contribution < -0.4 is 0 Å². The van der Waals surface area contributed by atoms with Crippen LogP contribution in [0.25, 0.3) is 10.8 Å². The molecule has 1 fully saturated rings. The van der Waals surface area contributed by atoms with Gasteiger partial charge >= 0.3 is 0 Å². The van der Waals surface area contributed by atoms with E-state index in [-0.39, 0.29) is 11.8 Å². The highest BCUT2D eigenvalue weighted by atomic mass is 35.5. The molecule has 1 unspecified atom stereocenters. The van der Waals surface area contributed by atoms with Gasteiger partial charge in [-0.3, -0.25) is 4.79 Å². The van der Waals surface area contributed by atoms with E-state index in [9.17, 15) is 4.79 Å². The fourth-order valence-corrected chi connectivity index (χ4v) is 5.31. The number of nitrogens with zero attached hydrogens (tertiary/aromatic N) is 3. The lowest BCUT2D eigenvalue weighted by Gasteiger charge is -2.16. The van der Waals surface area contributed by atoms with Gasteiger partial charge in [-0.1, -0.05) is 28.9 Å². The third-order valence-corrected chi connectivity index (χ3v) is 6.99. The molecular formula is C21H20ClN3O2S. The van der Waals surface area contributed by atoms with Gasteiger partial charge in [0.25, 0.3) is 5.89 Å². The Hall–Kier alpha value is -2.18. The zero-order chi connectivity index (χ0) is 19.1. The number of aromatic nitrogens is 2. The molecule has 1 amide bonds. The number of rotatable bonds is 4. The van der Waals surface area contributed by atoms with Crippen molar-refractivity contribution in [3.05, 3.63) is 57.2 Å². The van der Waals surface area contributed by atoms with Crippen molar-refractivity contribution in [1.29, 1.82) is 0 Å². The molecule has 1 aliphatic carbocycles. The number of fused-ring (bicyclic) bond motifs is 1. The summed E-state index contributed by atoms with van der Waals surface area (Å²) in [6.45, 7) is 1.19. The maximum Gasteiger partial charge on any atom is 0.268 e. The van der Waals surface area contributed by atoms with Gasteiger partial charge in [-0.15, -0.1) is 11.3 Å². The standard InChI is InChI=1S/C21H20ClN3O2S/c22-16-7-5-13(6-8-16)11-25-12-15(10-19(25)26)20-23-21(27-24-20)18-9-14-3-1-2-4-17(14)28-18/h5-9,15H,1-4,10-12H2. The average Bonchev–Trinajstić information content (AvgIpc) is 3.42. The Morgan fingerprint density at radius 3 is 2.86 bits per heavy atom. The minimum absolute atomic E-state index is 0.0214. The van der Waals surface area contributed by atoms with Crippen LogP contribution >= 0.6 is 22.9 Å². The average molecular weight is 414 g/mol. The van der Waals surface area contributed by atoms with Crippen LogP contribution in [-0.4, -0.2) is 27.5 Å². The molecule has 28 heavy (non-hydrogen) atoms. The molecule has 1 aromatic carbocycles. The molecule has 0 saturated carbocycles. The van der Waals surface area contributed by atoms with Crippen molar-refractivity contribution >= 4 is 28.8 Å². The zero-order valence-corrected chi connectivity index (χ0v) is 16.9. The number of amides is 1.